The van der Waals surface area contributed by atoms with Crippen molar-refractivity contribution in [2.45, 2.75) is 0 Å². The molecule has 3 aromatic rings. The highest BCUT2D eigenvalue weighted by atomic mass is 35.5. The Morgan fingerprint density at radius 3 is 2.57 bits per heavy atom. The minimum absolute atomic E-state index is 0.106. The van der Waals surface area contributed by atoms with Crippen molar-refractivity contribution in [1.29, 1.82) is 0 Å². The number of nitro benzene ring substituents is 1. The Morgan fingerprint density at radius 1 is 1.20 bits per heavy atom. The SMILES string of the molecule is CN(CCO)c1cc(N2CCN(c3cccc(Cl)c3)CC2)c2nonc2c1[N+](=O)[O-]. The van der Waals surface area contributed by atoms with Gasteiger partial charge in [0.1, 0.15) is 5.69 Å². The van der Waals surface area contributed by atoms with Gasteiger partial charge in [0.05, 0.1) is 17.2 Å². The number of rotatable bonds is 6. The van der Waals surface area contributed by atoms with Gasteiger partial charge < -0.3 is 19.8 Å². The monoisotopic (exact) mass is 432 g/mol. The normalized spacial score (nSPS) is 14.4. The number of halogens is 1. The number of benzene rings is 2. The Kier molecular flexibility index (Phi) is 5.60. The highest BCUT2D eigenvalue weighted by molar-refractivity contribution is 6.30. The van der Waals surface area contributed by atoms with Crippen LogP contribution in [0.25, 0.3) is 11.0 Å². The van der Waals surface area contributed by atoms with Gasteiger partial charge in [-0.1, -0.05) is 17.7 Å². The van der Waals surface area contributed by atoms with Crippen molar-refractivity contribution in [2.75, 3.05) is 61.1 Å². The van der Waals surface area contributed by atoms with Gasteiger partial charge in [0.15, 0.2) is 5.52 Å². The van der Waals surface area contributed by atoms with Gasteiger partial charge in [0.25, 0.3) is 0 Å². The van der Waals surface area contributed by atoms with E-state index in [1.165, 1.54) is 0 Å². The Labute approximate surface area is 177 Å². The van der Waals surface area contributed by atoms with E-state index in [9.17, 15) is 15.2 Å². The molecule has 0 spiro atoms. The summed E-state index contributed by atoms with van der Waals surface area (Å²) in [6.45, 7) is 3.01. The van der Waals surface area contributed by atoms with Gasteiger partial charge in [-0.2, -0.15) is 0 Å². The minimum atomic E-state index is -0.489. The number of piperazine rings is 1. The Morgan fingerprint density at radius 2 is 1.90 bits per heavy atom. The molecule has 158 valence electrons. The highest BCUT2D eigenvalue weighted by Gasteiger charge is 2.30. The fraction of sp³-hybridized carbons (Fsp3) is 0.368. The van der Waals surface area contributed by atoms with Crippen molar-refractivity contribution in [1.82, 2.24) is 10.3 Å². The molecule has 1 aliphatic heterocycles. The second-order valence-electron chi connectivity index (χ2n) is 7.08. The summed E-state index contributed by atoms with van der Waals surface area (Å²) in [5, 5.41) is 29.5. The largest absolute Gasteiger partial charge is 0.395 e. The first-order valence-corrected chi connectivity index (χ1v) is 9.88. The van der Waals surface area contributed by atoms with E-state index in [0.29, 0.717) is 29.3 Å². The molecule has 1 fully saturated rings. The number of likely N-dealkylation sites (N-methyl/N-ethyl adjacent to an activating group) is 1. The maximum absolute atomic E-state index is 11.7. The first-order chi connectivity index (χ1) is 14.5. The van der Waals surface area contributed by atoms with Crippen LogP contribution in [0.1, 0.15) is 0 Å². The molecule has 30 heavy (non-hydrogen) atoms. The van der Waals surface area contributed by atoms with Crippen molar-refractivity contribution in [3.8, 4) is 0 Å². The summed E-state index contributed by atoms with van der Waals surface area (Å²) in [4.78, 5) is 17.2. The number of nitrogens with zero attached hydrogens (tertiary/aromatic N) is 6. The zero-order valence-electron chi connectivity index (χ0n) is 16.4. The van der Waals surface area contributed by atoms with Crippen LogP contribution in [0.15, 0.2) is 35.0 Å². The fourth-order valence-corrected chi connectivity index (χ4v) is 3.94. The first-order valence-electron chi connectivity index (χ1n) is 9.50. The van der Waals surface area contributed by atoms with Gasteiger partial charge in [0, 0.05) is 50.5 Å². The van der Waals surface area contributed by atoms with E-state index >= 15 is 0 Å². The van der Waals surface area contributed by atoms with Crippen molar-refractivity contribution >= 4 is 45.4 Å². The second kappa shape index (κ2) is 8.33. The summed E-state index contributed by atoms with van der Waals surface area (Å²) in [5.74, 6) is 0. The molecule has 0 radical (unpaired) electrons. The fourth-order valence-electron chi connectivity index (χ4n) is 3.76. The Balaban J connectivity index is 1.67. The summed E-state index contributed by atoms with van der Waals surface area (Å²) in [7, 11) is 1.69. The van der Waals surface area contributed by atoms with E-state index in [4.69, 9.17) is 16.2 Å². The number of hydrogen-bond donors (Lipinski definition) is 1. The molecule has 0 atom stereocenters. The van der Waals surface area contributed by atoms with E-state index in [0.717, 1.165) is 24.5 Å². The standard InChI is InChI=1S/C19H21ClN6O4/c1-23(9-10-27)16-12-15(17-18(22-30-21-17)19(16)26(28)29)25-7-5-24(6-8-25)14-4-2-3-13(20)11-14/h2-4,11-12,27H,5-10H2,1H3. The van der Waals surface area contributed by atoms with Crippen molar-refractivity contribution in [3.63, 3.8) is 0 Å². The molecular weight excluding hydrogens is 412 g/mol. The van der Waals surface area contributed by atoms with Gasteiger partial charge in [-0.05, 0) is 34.6 Å². The van der Waals surface area contributed by atoms with Gasteiger partial charge >= 0.3 is 5.69 Å². The minimum Gasteiger partial charge on any atom is -0.395 e. The quantitative estimate of drug-likeness (QED) is 0.463. The average molecular weight is 433 g/mol. The molecule has 2 heterocycles. The third-order valence-electron chi connectivity index (χ3n) is 5.29. The molecule has 1 saturated heterocycles. The lowest BCUT2D eigenvalue weighted by molar-refractivity contribution is -0.382. The average Bonchev–Trinajstić information content (AvgIpc) is 3.22. The van der Waals surface area contributed by atoms with E-state index in [1.54, 1.807) is 18.0 Å². The zero-order chi connectivity index (χ0) is 21.3. The number of nitro groups is 1. The summed E-state index contributed by atoms with van der Waals surface area (Å²) >= 11 is 6.11. The summed E-state index contributed by atoms with van der Waals surface area (Å²) in [6.07, 6.45) is 0. The van der Waals surface area contributed by atoms with Crippen molar-refractivity contribution < 1.29 is 14.7 Å². The van der Waals surface area contributed by atoms with Gasteiger partial charge in [0.2, 0.25) is 5.52 Å². The second-order valence-corrected chi connectivity index (χ2v) is 7.52. The van der Waals surface area contributed by atoms with E-state index in [1.807, 2.05) is 24.3 Å². The Hall–Kier alpha value is -3.11. The number of anilines is 3. The van der Waals surface area contributed by atoms with Crippen LogP contribution in [0.3, 0.4) is 0 Å². The third-order valence-corrected chi connectivity index (χ3v) is 5.53. The molecule has 1 aliphatic rings. The number of aromatic nitrogens is 2. The molecule has 4 rings (SSSR count). The highest BCUT2D eigenvalue weighted by Crippen LogP contribution is 2.40. The van der Waals surface area contributed by atoms with Gasteiger partial charge in [-0.3, -0.25) is 10.1 Å². The molecule has 0 bridgehead atoms. The van der Waals surface area contributed by atoms with E-state index in [2.05, 4.69) is 20.1 Å². The van der Waals surface area contributed by atoms with Crippen LogP contribution in [-0.2, 0) is 0 Å². The maximum atomic E-state index is 11.7. The predicted molar refractivity (Wildman–Crippen MR) is 115 cm³/mol. The van der Waals surface area contributed by atoms with Gasteiger partial charge in [-0.15, -0.1) is 0 Å². The number of aliphatic hydroxyl groups is 1. The van der Waals surface area contributed by atoms with Crippen molar-refractivity contribution in [3.05, 3.63) is 45.5 Å². The van der Waals surface area contributed by atoms with Crippen LogP contribution < -0.4 is 14.7 Å². The van der Waals surface area contributed by atoms with Crippen LogP contribution in [0.4, 0.5) is 22.7 Å². The lowest BCUT2D eigenvalue weighted by atomic mass is 10.1. The van der Waals surface area contributed by atoms with E-state index in [-0.39, 0.29) is 24.4 Å². The molecule has 1 aromatic heterocycles. The predicted octanol–water partition coefficient (Wildman–Crippen LogP) is 2.54. The molecular formula is C19H21ClN6O4. The lowest BCUT2D eigenvalue weighted by Crippen LogP contribution is -2.46. The molecule has 2 aromatic carbocycles. The number of aliphatic hydroxyl groups excluding tert-OH is 1. The molecule has 0 aliphatic carbocycles. The molecule has 1 N–H and O–H groups in total. The van der Waals surface area contributed by atoms with Crippen LogP contribution in [0.5, 0.6) is 0 Å². The summed E-state index contributed by atoms with van der Waals surface area (Å²) in [5.41, 5.74) is 2.44. The van der Waals surface area contributed by atoms with Crippen LogP contribution in [0.2, 0.25) is 5.02 Å². The first kappa shape index (κ1) is 20.2. The molecule has 0 amide bonds. The zero-order valence-corrected chi connectivity index (χ0v) is 17.1. The summed E-state index contributed by atoms with van der Waals surface area (Å²) in [6, 6.07) is 9.46. The van der Waals surface area contributed by atoms with Crippen LogP contribution >= 0.6 is 11.6 Å². The maximum Gasteiger partial charge on any atom is 0.323 e. The van der Waals surface area contributed by atoms with Crippen LogP contribution in [0, 0.1) is 10.1 Å². The number of fused-ring (bicyclic) bond motifs is 1. The van der Waals surface area contributed by atoms with E-state index < -0.39 is 4.92 Å². The third kappa shape index (κ3) is 3.71. The van der Waals surface area contributed by atoms with Crippen molar-refractivity contribution in [2.24, 2.45) is 0 Å². The lowest BCUT2D eigenvalue weighted by Gasteiger charge is -2.37. The topological polar surface area (TPSA) is 112 Å². The number of hydrogen-bond acceptors (Lipinski definition) is 9. The molecule has 10 nitrogen and oxygen atoms in total. The molecule has 0 unspecified atom stereocenters. The molecule has 0 saturated carbocycles. The smallest absolute Gasteiger partial charge is 0.323 e. The van der Waals surface area contributed by atoms with Crippen LogP contribution in [-0.4, -0.2) is 66.7 Å². The Bertz CT molecular complexity index is 1070. The summed E-state index contributed by atoms with van der Waals surface area (Å²) < 4.78 is 4.86. The molecule has 11 heteroatoms. The van der Waals surface area contributed by atoms with Gasteiger partial charge in [-0.25, -0.2) is 4.63 Å².